The zero-order valence-corrected chi connectivity index (χ0v) is 17.0. The lowest BCUT2D eigenvalue weighted by Crippen LogP contribution is -2.36. The SMILES string of the molecule is CCC(=O)N(c1nnc(SCC(=O)N2CCc3sccc3C2)s1)C1CC1. The summed E-state index contributed by atoms with van der Waals surface area (Å²) < 4.78 is 0.746. The molecule has 6 nitrogen and oxygen atoms in total. The van der Waals surface area contributed by atoms with Gasteiger partial charge in [0, 0.05) is 30.4 Å². The number of rotatable bonds is 6. The molecule has 2 amide bonds. The van der Waals surface area contributed by atoms with Crippen molar-refractivity contribution in [2.45, 2.75) is 49.5 Å². The van der Waals surface area contributed by atoms with E-state index in [1.54, 1.807) is 16.2 Å². The van der Waals surface area contributed by atoms with Crippen LogP contribution in [0.5, 0.6) is 0 Å². The van der Waals surface area contributed by atoms with Crippen molar-refractivity contribution in [2.75, 3.05) is 17.2 Å². The summed E-state index contributed by atoms with van der Waals surface area (Å²) in [6, 6.07) is 2.39. The third-order valence-electron chi connectivity index (χ3n) is 4.56. The Morgan fingerprint density at radius 1 is 1.38 bits per heavy atom. The van der Waals surface area contributed by atoms with Gasteiger partial charge in [-0.1, -0.05) is 30.0 Å². The highest BCUT2D eigenvalue weighted by Crippen LogP contribution is 2.36. The van der Waals surface area contributed by atoms with Crippen LogP contribution in [0, 0.1) is 0 Å². The number of amides is 2. The highest BCUT2D eigenvalue weighted by molar-refractivity contribution is 8.01. The molecule has 0 radical (unpaired) electrons. The fourth-order valence-corrected chi connectivity index (χ4v) is 5.73. The number of aromatic nitrogens is 2. The number of carbonyl (C=O) groups is 2. The molecule has 2 aromatic heterocycles. The second-order valence-corrected chi connectivity index (χ2v) is 9.60. The number of thioether (sulfide) groups is 1. The Kier molecular flexibility index (Phi) is 5.28. The fourth-order valence-electron chi connectivity index (χ4n) is 3.00. The third-order valence-corrected chi connectivity index (χ3v) is 7.63. The molecule has 1 saturated carbocycles. The van der Waals surface area contributed by atoms with E-state index in [9.17, 15) is 9.59 Å². The van der Waals surface area contributed by atoms with Crippen LogP contribution < -0.4 is 4.90 Å². The van der Waals surface area contributed by atoms with Gasteiger partial charge in [-0.05, 0) is 36.3 Å². The van der Waals surface area contributed by atoms with Crippen LogP contribution in [0.25, 0.3) is 0 Å². The topological polar surface area (TPSA) is 66.4 Å². The van der Waals surface area contributed by atoms with Gasteiger partial charge < -0.3 is 4.90 Å². The number of carbonyl (C=O) groups excluding carboxylic acids is 2. The van der Waals surface area contributed by atoms with E-state index in [1.165, 1.54) is 33.5 Å². The van der Waals surface area contributed by atoms with Crippen molar-refractivity contribution in [1.29, 1.82) is 0 Å². The lowest BCUT2D eigenvalue weighted by Gasteiger charge is -2.26. The van der Waals surface area contributed by atoms with Crippen molar-refractivity contribution < 1.29 is 9.59 Å². The molecule has 0 bridgehead atoms. The first-order valence-corrected chi connectivity index (χ1v) is 11.4. The van der Waals surface area contributed by atoms with Crippen molar-refractivity contribution in [1.82, 2.24) is 15.1 Å². The van der Waals surface area contributed by atoms with Crippen LogP contribution in [-0.4, -0.2) is 45.3 Å². The van der Waals surface area contributed by atoms with E-state index < -0.39 is 0 Å². The number of hydrogen-bond donors (Lipinski definition) is 0. The quantitative estimate of drug-likeness (QED) is 0.542. The molecule has 2 aromatic rings. The van der Waals surface area contributed by atoms with Gasteiger partial charge in [-0.3, -0.25) is 14.5 Å². The average Bonchev–Trinajstić information content (AvgIpc) is 3.19. The van der Waals surface area contributed by atoms with Gasteiger partial charge in [0.15, 0.2) is 4.34 Å². The number of nitrogens with zero attached hydrogens (tertiary/aromatic N) is 4. The molecular weight excluding hydrogens is 388 g/mol. The first-order valence-electron chi connectivity index (χ1n) is 8.77. The first kappa shape index (κ1) is 17.9. The molecular formula is C17H20N4O2S3. The van der Waals surface area contributed by atoms with Gasteiger partial charge in [-0.2, -0.15) is 0 Å². The van der Waals surface area contributed by atoms with Gasteiger partial charge >= 0.3 is 0 Å². The Morgan fingerprint density at radius 2 is 2.23 bits per heavy atom. The van der Waals surface area contributed by atoms with Crippen molar-refractivity contribution in [3.8, 4) is 0 Å². The first-order chi connectivity index (χ1) is 12.7. The van der Waals surface area contributed by atoms with Crippen LogP contribution in [0.2, 0.25) is 0 Å². The van der Waals surface area contributed by atoms with Gasteiger partial charge in [0.1, 0.15) is 0 Å². The number of fused-ring (bicyclic) bond motifs is 1. The minimum absolute atomic E-state index is 0.0937. The van der Waals surface area contributed by atoms with Crippen molar-refractivity contribution in [3.05, 3.63) is 21.9 Å². The maximum Gasteiger partial charge on any atom is 0.233 e. The maximum absolute atomic E-state index is 12.5. The Hall–Kier alpha value is -1.45. The molecule has 0 unspecified atom stereocenters. The van der Waals surface area contributed by atoms with Crippen molar-refractivity contribution in [3.63, 3.8) is 0 Å². The summed E-state index contributed by atoms with van der Waals surface area (Å²) in [5.74, 6) is 0.586. The molecule has 0 saturated heterocycles. The zero-order chi connectivity index (χ0) is 18.1. The molecule has 1 aliphatic heterocycles. The molecule has 0 aromatic carbocycles. The maximum atomic E-state index is 12.5. The Balaban J connectivity index is 1.34. The molecule has 138 valence electrons. The van der Waals surface area contributed by atoms with Crippen LogP contribution >= 0.6 is 34.4 Å². The van der Waals surface area contributed by atoms with Gasteiger partial charge in [-0.15, -0.1) is 21.5 Å². The number of anilines is 1. The summed E-state index contributed by atoms with van der Waals surface area (Å²) in [4.78, 5) is 29.8. The van der Waals surface area contributed by atoms with Crippen LogP contribution in [0.15, 0.2) is 15.8 Å². The van der Waals surface area contributed by atoms with E-state index in [-0.39, 0.29) is 17.9 Å². The Bertz CT molecular complexity index is 815. The second-order valence-electron chi connectivity index (χ2n) is 6.42. The molecule has 1 aliphatic carbocycles. The summed E-state index contributed by atoms with van der Waals surface area (Å²) in [6.45, 7) is 3.36. The number of hydrogen-bond acceptors (Lipinski definition) is 7. The third kappa shape index (κ3) is 3.79. The summed E-state index contributed by atoms with van der Waals surface area (Å²) in [6.07, 6.45) is 3.48. The van der Waals surface area contributed by atoms with E-state index in [0.29, 0.717) is 23.8 Å². The number of thiophene rings is 1. The summed E-state index contributed by atoms with van der Waals surface area (Å²) in [7, 11) is 0. The lowest BCUT2D eigenvalue weighted by atomic mass is 10.1. The van der Waals surface area contributed by atoms with E-state index >= 15 is 0 Å². The molecule has 3 heterocycles. The lowest BCUT2D eigenvalue weighted by molar-refractivity contribution is -0.129. The van der Waals surface area contributed by atoms with E-state index in [2.05, 4.69) is 21.6 Å². The van der Waals surface area contributed by atoms with E-state index in [4.69, 9.17) is 0 Å². The molecule has 2 aliphatic rings. The van der Waals surface area contributed by atoms with Gasteiger partial charge in [-0.25, -0.2) is 0 Å². The minimum atomic E-state index is 0.0937. The summed E-state index contributed by atoms with van der Waals surface area (Å²) in [5.41, 5.74) is 1.27. The van der Waals surface area contributed by atoms with Gasteiger partial charge in [0.2, 0.25) is 16.9 Å². The van der Waals surface area contributed by atoms with E-state index in [1.807, 2.05) is 11.8 Å². The zero-order valence-electron chi connectivity index (χ0n) is 14.5. The molecule has 9 heteroatoms. The van der Waals surface area contributed by atoms with Crippen molar-refractivity contribution >= 4 is 51.4 Å². The molecule has 26 heavy (non-hydrogen) atoms. The van der Waals surface area contributed by atoms with Crippen LogP contribution in [0.3, 0.4) is 0 Å². The fraction of sp³-hybridized carbons (Fsp3) is 0.529. The normalized spacial score (nSPS) is 16.4. The molecule has 0 N–H and O–H groups in total. The average molecular weight is 409 g/mol. The van der Waals surface area contributed by atoms with Crippen LogP contribution in [-0.2, 0) is 22.6 Å². The largest absolute Gasteiger partial charge is 0.337 e. The highest BCUT2D eigenvalue weighted by atomic mass is 32.2. The highest BCUT2D eigenvalue weighted by Gasteiger charge is 2.35. The predicted octanol–water partition coefficient (Wildman–Crippen LogP) is 3.18. The summed E-state index contributed by atoms with van der Waals surface area (Å²) in [5, 5.41) is 11.1. The molecule has 1 fully saturated rings. The van der Waals surface area contributed by atoms with Gasteiger partial charge in [0.25, 0.3) is 0 Å². The second kappa shape index (κ2) is 7.66. The Morgan fingerprint density at radius 3 is 3.00 bits per heavy atom. The molecule has 4 rings (SSSR count). The Labute approximate surface area is 164 Å². The van der Waals surface area contributed by atoms with Crippen LogP contribution in [0.4, 0.5) is 5.13 Å². The molecule has 0 atom stereocenters. The standard InChI is InChI=1S/C17H20N4O2S3/c1-2-14(22)21(12-3-4-12)16-18-19-17(26-16)25-10-15(23)20-7-5-13-11(9-20)6-8-24-13/h6,8,12H,2-5,7,9-10H2,1H3. The molecule has 0 spiro atoms. The smallest absolute Gasteiger partial charge is 0.233 e. The van der Waals surface area contributed by atoms with Crippen molar-refractivity contribution in [2.24, 2.45) is 0 Å². The predicted molar refractivity (Wildman–Crippen MR) is 105 cm³/mol. The minimum Gasteiger partial charge on any atom is -0.337 e. The van der Waals surface area contributed by atoms with Gasteiger partial charge in [0.05, 0.1) is 5.75 Å². The van der Waals surface area contributed by atoms with Crippen LogP contribution in [0.1, 0.15) is 36.6 Å². The summed E-state index contributed by atoms with van der Waals surface area (Å²) >= 11 is 4.60. The van der Waals surface area contributed by atoms with E-state index in [0.717, 1.165) is 30.1 Å². The monoisotopic (exact) mass is 408 g/mol.